The highest BCUT2D eigenvalue weighted by atomic mass is 79.9. The van der Waals surface area contributed by atoms with Gasteiger partial charge in [0.05, 0.1) is 13.2 Å². The van der Waals surface area contributed by atoms with Crippen LogP contribution >= 0.6 is 15.9 Å². The zero-order chi connectivity index (χ0) is 24.9. The van der Waals surface area contributed by atoms with Crippen LogP contribution in [0.4, 0.5) is 10.5 Å². The van der Waals surface area contributed by atoms with Crippen LogP contribution in [-0.4, -0.2) is 81.1 Å². The van der Waals surface area contributed by atoms with Crippen LogP contribution in [0.25, 0.3) is 11.1 Å². The maximum atomic E-state index is 12.8. The number of carbonyl (C=O) groups excluding carboxylic acids is 1. The van der Waals surface area contributed by atoms with E-state index in [2.05, 4.69) is 15.9 Å². The van der Waals surface area contributed by atoms with Crippen molar-refractivity contribution in [2.75, 3.05) is 43.7 Å². The lowest BCUT2D eigenvalue weighted by atomic mass is 9.89. The Morgan fingerprint density at radius 3 is 2.00 bits per heavy atom. The van der Waals surface area contributed by atoms with Gasteiger partial charge >= 0.3 is 12.0 Å². The highest BCUT2D eigenvalue weighted by Gasteiger charge is 2.38. The lowest BCUT2D eigenvalue weighted by Gasteiger charge is -2.41. The standard InChI is InChI=1S/C24H28BrN3O6S/c25-20-5-1-17(2-6-20)18-3-7-21(8-4-18)28(35(32)33)22(23(29)30)19-9-11-26(12-10-19)24(31)27-13-15-34-16-14-27/h1-8,19,22H,9-16H2,(H,29,30)(H,32,33)/p-1. The Morgan fingerprint density at radius 1 is 0.971 bits per heavy atom. The summed E-state index contributed by atoms with van der Waals surface area (Å²) in [5.74, 6) is -1.63. The van der Waals surface area contributed by atoms with Crippen LogP contribution in [-0.2, 0) is 20.8 Å². The SMILES string of the molecule is O=C(O)C(C1CCN(C(=O)N2CCOCC2)CC1)N(c1ccc(-c2ccc(Br)cc2)cc1)S(=O)[O-]. The highest BCUT2D eigenvalue weighted by Crippen LogP contribution is 2.31. The fourth-order valence-corrected chi connectivity index (χ4v) is 5.64. The third kappa shape index (κ3) is 6.03. The fraction of sp³-hybridized carbons (Fsp3) is 0.417. The van der Waals surface area contributed by atoms with Gasteiger partial charge in [0, 0.05) is 47.6 Å². The van der Waals surface area contributed by atoms with E-state index in [0.29, 0.717) is 57.9 Å². The normalized spacial score (nSPS) is 18.7. The summed E-state index contributed by atoms with van der Waals surface area (Å²) in [5.41, 5.74) is 2.14. The summed E-state index contributed by atoms with van der Waals surface area (Å²) < 4.78 is 31.7. The van der Waals surface area contributed by atoms with E-state index in [1.165, 1.54) is 0 Å². The first kappa shape index (κ1) is 25.6. The monoisotopic (exact) mass is 564 g/mol. The maximum Gasteiger partial charge on any atom is 0.327 e. The maximum absolute atomic E-state index is 12.8. The van der Waals surface area contributed by atoms with Gasteiger partial charge in [0.15, 0.2) is 0 Å². The Labute approximate surface area is 215 Å². The number of carboxylic acid groups (broad SMARTS) is 1. The van der Waals surface area contributed by atoms with Gasteiger partial charge in [0.2, 0.25) is 0 Å². The highest BCUT2D eigenvalue weighted by molar-refractivity contribution is 9.10. The van der Waals surface area contributed by atoms with E-state index in [9.17, 15) is 23.5 Å². The van der Waals surface area contributed by atoms with Crippen molar-refractivity contribution in [3.8, 4) is 11.1 Å². The summed E-state index contributed by atoms with van der Waals surface area (Å²) in [6, 6.07) is 13.2. The smallest absolute Gasteiger partial charge is 0.327 e. The molecule has 2 fully saturated rings. The van der Waals surface area contributed by atoms with Gasteiger partial charge in [-0.2, -0.15) is 0 Å². The number of morpholine rings is 1. The lowest BCUT2D eigenvalue weighted by Crippen LogP contribution is -2.54. The van der Waals surface area contributed by atoms with Crippen molar-refractivity contribution in [1.29, 1.82) is 0 Å². The molecule has 2 amide bonds. The molecule has 2 aromatic rings. The minimum absolute atomic E-state index is 0.0774. The van der Waals surface area contributed by atoms with E-state index in [1.807, 2.05) is 24.3 Å². The average Bonchev–Trinajstić information content (AvgIpc) is 2.88. The number of likely N-dealkylation sites (tertiary alicyclic amines) is 1. The average molecular weight is 565 g/mol. The number of halogens is 1. The Hall–Kier alpha value is -2.47. The number of urea groups is 1. The van der Waals surface area contributed by atoms with Gasteiger partial charge in [0.1, 0.15) is 6.04 Å². The number of amides is 2. The predicted octanol–water partition coefficient (Wildman–Crippen LogP) is 3.33. The first-order chi connectivity index (χ1) is 16.8. The summed E-state index contributed by atoms with van der Waals surface area (Å²) in [6.45, 7) is 2.85. The number of hydrogen-bond acceptors (Lipinski definition) is 5. The molecule has 0 bridgehead atoms. The van der Waals surface area contributed by atoms with Crippen LogP contribution < -0.4 is 4.31 Å². The second-order valence-corrected chi connectivity index (χ2v) is 10.3. The number of rotatable bonds is 6. The van der Waals surface area contributed by atoms with Gasteiger partial charge in [-0.3, -0.25) is 8.51 Å². The number of benzene rings is 2. The van der Waals surface area contributed by atoms with Crippen LogP contribution in [0.2, 0.25) is 0 Å². The summed E-state index contributed by atoms with van der Waals surface area (Å²) in [7, 11) is 0. The van der Waals surface area contributed by atoms with Crippen LogP contribution in [0.5, 0.6) is 0 Å². The van der Waals surface area contributed by atoms with E-state index in [1.54, 1.807) is 34.1 Å². The molecule has 2 atom stereocenters. The number of anilines is 1. The molecule has 2 aromatic carbocycles. The summed E-state index contributed by atoms with van der Waals surface area (Å²) in [6.07, 6.45) is 0.801. The van der Waals surface area contributed by atoms with E-state index in [0.717, 1.165) is 19.9 Å². The minimum Gasteiger partial charge on any atom is -0.755 e. The Kier molecular flexibility index (Phi) is 8.42. The molecule has 9 nitrogen and oxygen atoms in total. The molecular formula is C24H27BrN3O6S-. The Morgan fingerprint density at radius 2 is 1.49 bits per heavy atom. The van der Waals surface area contributed by atoms with E-state index in [4.69, 9.17) is 4.74 Å². The van der Waals surface area contributed by atoms with Crippen molar-refractivity contribution in [2.45, 2.75) is 18.9 Å². The van der Waals surface area contributed by atoms with Gasteiger partial charge < -0.3 is 24.2 Å². The van der Waals surface area contributed by atoms with E-state index in [-0.39, 0.29) is 6.03 Å². The van der Waals surface area contributed by atoms with Gasteiger partial charge in [-0.05, 0) is 54.2 Å². The van der Waals surface area contributed by atoms with E-state index < -0.39 is 29.2 Å². The fourth-order valence-electron chi connectivity index (χ4n) is 4.64. The van der Waals surface area contributed by atoms with Crippen molar-refractivity contribution >= 4 is 44.9 Å². The molecule has 11 heteroatoms. The van der Waals surface area contributed by atoms with Crippen LogP contribution in [0.15, 0.2) is 53.0 Å². The van der Waals surface area contributed by atoms with Gasteiger partial charge in [-0.1, -0.05) is 40.2 Å². The topological polar surface area (TPSA) is 113 Å². The first-order valence-corrected chi connectivity index (χ1v) is 13.3. The summed E-state index contributed by atoms with van der Waals surface area (Å²) in [5, 5.41) is 10.0. The molecule has 0 radical (unpaired) electrons. The molecule has 2 aliphatic rings. The second kappa shape index (κ2) is 11.5. The molecule has 0 aliphatic carbocycles. The molecule has 0 aromatic heterocycles. The molecule has 2 aliphatic heterocycles. The Bertz CT molecular complexity index is 1050. The number of carboxylic acids is 1. The van der Waals surface area contributed by atoms with Crippen LogP contribution in [0.3, 0.4) is 0 Å². The van der Waals surface area contributed by atoms with Crippen molar-refractivity contribution in [3.05, 3.63) is 53.0 Å². The molecule has 1 N–H and O–H groups in total. The molecule has 35 heavy (non-hydrogen) atoms. The minimum atomic E-state index is -2.79. The number of piperidine rings is 1. The van der Waals surface area contributed by atoms with Gasteiger partial charge in [0.25, 0.3) is 0 Å². The predicted molar refractivity (Wildman–Crippen MR) is 134 cm³/mol. The number of nitrogens with zero attached hydrogens (tertiary/aromatic N) is 3. The van der Waals surface area contributed by atoms with Gasteiger partial charge in [-0.15, -0.1) is 0 Å². The van der Waals surface area contributed by atoms with Crippen molar-refractivity contribution < 1.29 is 28.2 Å². The molecule has 188 valence electrons. The molecule has 2 unspecified atom stereocenters. The zero-order valence-corrected chi connectivity index (χ0v) is 21.4. The molecule has 2 saturated heterocycles. The van der Waals surface area contributed by atoms with E-state index >= 15 is 0 Å². The number of aliphatic carboxylic acids is 1. The molecule has 4 rings (SSSR count). The quantitative estimate of drug-likeness (QED) is 0.538. The molecule has 2 heterocycles. The van der Waals surface area contributed by atoms with Crippen molar-refractivity contribution in [1.82, 2.24) is 9.80 Å². The van der Waals surface area contributed by atoms with Crippen molar-refractivity contribution in [3.63, 3.8) is 0 Å². The number of hydrogen-bond donors (Lipinski definition) is 1. The molecular weight excluding hydrogens is 538 g/mol. The number of ether oxygens (including phenoxy) is 1. The van der Waals surface area contributed by atoms with Crippen LogP contribution in [0, 0.1) is 5.92 Å². The second-order valence-electron chi connectivity index (χ2n) is 8.59. The first-order valence-electron chi connectivity index (χ1n) is 11.4. The van der Waals surface area contributed by atoms with Gasteiger partial charge in [-0.25, -0.2) is 9.59 Å². The summed E-state index contributed by atoms with van der Waals surface area (Å²) in [4.78, 5) is 28.5. The summed E-state index contributed by atoms with van der Waals surface area (Å²) >= 11 is 0.615. The van der Waals surface area contributed by atoms with Crippen molar-refractivity contribution in [2.24, 2.45) is 5.92 Å². The largest absolute Gasteiger partial charge is 0.755 e. The number of carbonyl (C=O) groups is 2. The third-order valence-corrected chi connectivity index (χ3v) is 7.79. The molecule has 0 spiro atoms. The lowest BCUT2D eigenvalue weighted by molar-refractivity contribution is -0.140. The zero-order valence-electron chi connectivity index (χ0n) is 19.0. The third-order valence-electron chi connectivity index (χ3n) is 6.50. The van der Waals surface area contributed by atoms with Crippen LogP contribution in [0.1, 0.15) is 12.8 Å². The Balaban J connectivity index is 1.48. The molecule has 0 saturated carbocycles.